The summed E-state index contributed by atoms with van der Waals surface area (Å²) < 4.78 is 35.6. The number of benzene rings is 2. The zero-order valence-corrected chi connectivity index (χ0v) is 18.9. The number of aliphatic hydroxyl groups excluding tert-OH is 1. The zero-order chi connectivity index (χ0) is 22.7. The van der Waals surface area contributed by atoms with Crippen molar-refractivity contribution in [3.8, 4) is 0 Å². The molecular weight excluding hydrogens is 428 g/mol. The zero-order valence-electron chi connectivity index (χ0n) is 18.1. The lowest BCUT2D eigenvalue weighted by atomic mass is 10.2. The maximum atomic E-state index is 13.4. The summed E-state index contributed by atoms with van der Waals surface area (Å²) in [6, 6.07) is 14.2. The minimum atomic E-state index is -3.81. The quantitative estimate of drug-likeness (QED) is 0.500. The van der Waals surface area contributed by atoms with Crippen molar-refractivity contribution in [3.63, 3.8) is 0 Å². The van der Waals surface area contributed by atoms with Crippen LogP contribution in [0.15, 0.2) is 59.6 Å². The number of fused-ring (bicyclic) bond motifs is 1. The summed E-state index contributed by atoms with van der Waals surface area (Å²) in [6.45, 7) is 2.81. The van der Waals surface area contributed by atoms with E-state index >= 15 is 0 Å². The number of hydrogen-bond acceptors (Lipinski definition) is 5. The Bertz CT molecular complexity index is 1180. The number of para-hydroxylation sites is 1. The van der Waals surface area contributed by atoms with Gasteiger partial charge in [0.1, 0.15) is 0 Å². The summed E-state index contributed by atoms with van der Waals surface area (Å²) in [5, 5.41) is 11.7. The van der Waals surface area contributed by atoms with Crippen LogP contribution >= 0.6 is 0 Å². The fourth-order valence-electron chi connectivity index (χ4n) is 4.19. The summed E-state index contributed by atoms with van der Waals surface area (Å²) in [5.41, 5.74) is 2.33. The van der Waals surface area contributed by atoms with Crippen molar-refractivity contribution in [2.24, 2.45) is 0 Å². The molecule has 4 rings (SSSR count). The van der Waals surface area contributed by atoms with Crippen molar-refractivity contribution in [3.05, 3.63) is 65.9 Å². The Kier molecular flexibility index (Phi) is 6.76. The van der Waals surface area contributed by atoms with Crippen LogP contribution in [-0.2, 0) is 21.3 Å². The van der Waals surface area contributed by atoms with Gasteiger partial charge in [-0.15, -0.1) is 0 Å². The van der Waals surface area contributed by atoms with E-state index in [4.69, 9.17) is 4.74 Å². The van der Waals surface area contributed by atoms with E-state index < -0.39 is 16.1 Å². The van der Waals surface area contributed by atoms with E-state index in [0.29, 0.717) is 12.2 Å². The standard InChI is InChI=1S/C24H28N2O5S/c1-18-8-10-22(11-9-18)32(29,30)26(16-21-5-4-12-31-21)15-20(28)14-25-13-19(17-27)23-6-2-3-7-24(23)25/h2-3,6-11,13,17,20-21,28H,4-5,12,14-16H2,1H3/t20-,21-/m0/s1. The molecule has 0 bridgehead atoms. The molecule has 1 aliphatic rings. The molecule has 0 amide bonds. The van der Waals surface area contributed by atoms with Crippen LogP contribution in [0.4, 0.5) is 0 Å². The first-order valence-corrected chi connectivity index (χ1v) is 12.2. The number of aldehydes is 1. The maximum Gasteiger partial charge on any atom is 0.243 e. The lowest BCUT2D eigenvalue weighted by molar-refractivity contribution is 0.0748. The molecule has 0 saturated carbocycles. The predicted molar refractivity (Wildman–Crippen MR) is 122 cm³/mol. The number of rotatable bonds is 9. The number of hydrogen-bond donors (Lipinski definition) is 1. The van der Waals surface area contributed by atoms with Crippen molar-refractivity contribution in [2.45, 2.75) is 43.4 Å². The maximum absolute atomic E-state index is 13.4. The molecule has 0 aliphatic carbocycles. The molecule has 2 heterocycles. The minimum Gasteiger partial charge on any atom is -0.390 e. The molecule has 0 radical (unpaired) electrons. The summed E-state index contributed by atoms with van der Waals surface area (Å²) in [6.07, 6.45) is 3.02. The van der Waals surface area contributed by atoms with Crippen LogP contribution in [0, 0.1) is 6.92 Å². The largest absolute Gasteiger partial charge is 0.390 e. The highest BCUT2D eigenvalue weighted by Gasteiger charge is 2.31. The second kappa shape index (κ2) is 9.54. The number of aryl methyl sites for hydroxylation is 1. The van der Waals surface area contributed by atoms with Crippen LogP contribution in [-0.4, -0.2) is 60.6 Å². The SMILES string of the molecule is Cc1ccc(S(=O)(=O)N(C[C@@H](O)Cn2cc(C=O)c3ccccc32)C[C@@H]2CCCO2)cc1. The molecule has 3 aromatic rings. The fraction of sp³-hybridized carbons (Fsp3) is 0.375. The second-order valence-electron chi connectivity index (χ2n) is 8.30. The number of aliphatic hydroxyl groups is 1. The fourth-order valence-corrected chi connectivity index (χ4v) is 5.69. The Morgan fingerprint density at radius 2 is 1.97 bits per heavy atom. The predicted octanol–water partition coefficient (Wildman–Crippen LogP) is 2.99. The van der Waals surface area contributed by atoms with E-state index in [1.54, 1.807) is 35.0 Å². The van der Waals surface area contributed by atoms with E-state index in [9.17, 15) is 18.3 Å². The molecule has 1 saturated heterocycles. The molecule has 1 fully saturated rings. The summed E-state index contributed by atoms with van der Waals surface area (Å²) >= 11 is 0. The lowest BCUT2D eigenvalue weighted by Gasteiger charge is -2.27. The van der Waals surface area contributed by atoms with Gasteiger partial charge in [-0.1, -0.05) is 35.9 Å². The van der Waals surface area contributed by atoms with Gasteiger partial charge in [0, 0.05) is 48.9 Å². The smallest absolute Gasteiger partial charge is 0.243 e. The molecule has 7 nitrogen and oxygen atoms in total. The first kappa shape index (κ1) is 22.7. The molecule has 0 spiro atoms. The number of carbonyl (C=O) groups excluding carboxylic acids is 1. The van der Waals surface area contributed by atoms with Crippen molar-refractivity contribution < 1.29 is 23.1 Å². The van der Waals surface area contributed by atoms with E-state index in [2.05, 4.69) is 0 Å². The minimum absolute atomic E-state index is 0.0704. The molecule has 1 aromatic heterocycles. The van der Waals surface area contributed by atoms with Gasteiger partial charge < -0.3 is 14.4 Å². The van der Waals surface area contributed by atoms with Gasteiger partial charge in [0.25, 0.3) is 0 Å². The van der Waals surface area contributed by atoms with Crippen LogP contribution in [0.2, 0.25) is 0 Å². The van der Waals surface area contributed by atoms with Gasteiger partial charge in [-0.25, -0.2) is 8.42 Å². The number of ether oxygens (including phenoxy) is 1. The molecule has 2 aromatic carbocycles. The Labute approximate surface area is 188 Å². The number of nitrogens with zero attached hydrogens (tertiary/aromatic N) is 2. The third-order valence-electron chi connectivity index (χ3n) is 5.86. The first-order chi connectivity index (χ1) is 15.4. The Morgan fingerprint density at radius 1 is 1.22 bits per heavy atom. The van der Waals surface area contributed by atoms with Crippen molar-refractivity contribution in [2.75, 3.05) is 19.7 Å². The third-order valence-corrected chi connectivity index (χ3v) is 7.70. The third kappa shape index (κ3) is 4.78. The first-order valence-electron chi connectivity index (χ1n) is 10.8. The lowest BCUT2D eigenvalue weighted by Crippen LogP contribution is -2.43. The Morgan fingerprint density at radius 3 is 2.66 bits per heavy atom. The van der Waals surface area contributed by atoms with Gasteiger partial charge in [0.2, 0.25) is 10.0 Å². The van der Waals surface area contributed by atoms with Crippen molar-refractivity contribution in [1.29, 1.82) is 0 Å². The van der Waals surface area contributed by atoms with Crippen molar-refractivity contribution >= 4 is 27.2 Å². The molecule has 1 N–H and O–H groups in total. The van der Waals surface area contributed by atoms with Gasteiger partial charge in [-0.3, -0.25) is 4.79 Å². The Hall–Kier alpha value is -2.52. The highest BCUT2D eigenvalue weighted by Crippen LogP contribution is 2.23. The van der Waals surface area contributed by atoms with E-state index in [-0.39, 0.29) is 30.6 Å². The summed E-state index contributed by atoms with van der Waals surface area (Å²) in [5.74, 6) is 0. The van der Waals surface area contributed by atoms with Gasteiger partial charge in [-0.05, 0) is 38.0 Å². The molecule has 170 valence electrons. The average Bonchev–Trinajstić information content (AvgIpc) is 3.41. The molecule has 8 heteroatoms. The van der Waals surface area contributed by atoms with Gasteiger partial charge >= 0.3 is 0 Å². The van der Waals surface area contributed by atoms with Crippen LogP contribution in [0.3, 0.4) is 0 Å². The molecule has 1 aliphatic heterocycles. The summed E-state index contributed by atoms with van der Waals surface area (Å²) in [4.78, 5) is 11.6. The summed E-state index contributed by atoms with van der Waals surface area (Å²) in [7, 11) is -3.81. The van der Waals surface area contributed by atoms with Crippen molar-refractivity contribution in [1.82, 2.24) is 8.87 Å². The molecule has 2 atom stereocenters. The number of sulfonamides is 1. The average molecular weight is 457 g/mol. The second-order valence-corrected chi connectivity index (χ2v) is 10.2. The molecular formula is C24H28N2O5S. The van der Waals surface area contributed by atoms with Crippen LogP contribution in [0.5, 0.6) is 0 Å². The Balaban J connectivity index is 1.58. The van der Waals surface area contributed by atoms with E-state index in [0.717, 1.165) is 35.6 Å². The topological polar surface area (TPSA) is 88.8 Å². The van der Waals surface area contributed by atoms with Crippen LogP contribution in [0.25, 0.3) is 10.9 Å². The van der Waals surface area contributed by atoms with Gasteiger partial charge in [0.15, 0.2) is 6.29 Å². The molecule has 0 unspecified atom stereocenters. The van der Waals surface area contributed by atoms with E-state index in [1.165, 1.54) is 4.31 Å². The number of carbonyl (C=O) groups is 1. The van der Waals surface area contributed by atoms with E-state index in [1.807, 2.05) is 31.2 Å². The highest BCUT2D eigenvalue weighted by atomic mass is 32.2. The van der Waals surface area contributed by atoms with Crippen LogP contribution in [0.1, 0.15) is 28.8 Å². The monoisotopic (exact) mass is 456 g/mol. The molecule has 32 heavy (non-hydrogen) atoms. The van der Waals surface area contributed by atoms with Gasteiger partial charge in [0.05, 0.1) is 17.1 Å². The highest BCUT2D eigenvalue weighted by molar-refractivity contribution is 7.89. The normalized spacial score (nSPS) is 17.8. The van der Waals surface area contributed by atoms with Gasteiger partial charge in [-0.2, -0.15) is 4.31 Å². The van der Waals surface area contributed by atoms with Crippen LogP contribution < -0.4 is 0 Å². The number of aromatic nitrogens is 1.